The van der Waals surface area contributed by atoms with Crippen molar-refractivity contribution >= 4 is 22.6 Å². The molecule has 0 spiro atoms. The van der Waals surface area contributed by atoms with Crippen molar-refractivity contribution in [2.45, 2.75) is 34.6 Å². The summed E-state index contributed by atoms with van der Waals surface area (Å²) in [5.74, 6) is 0.538. The number of benzene rings is 2. The van der Waals surface area contributed by atoms with Crippen molar-refractivity contribution in [1.29, 1.82) is 0 Å². The molecule has 4 nitrogen and oxygen atoms in total. The molecule has 0 atom stereocenters. The second-order valence-electron chi connectivity index (χ2n) is 6.64. The van der Waals surface area contributed by atoms with Crippen molar-refractivity contribution < 1.29 is 9.90 Å². The molecule has 2 aromatic carbocycles. The highest BCUT2D eigenvalue weighted by Gasteiger charge is 2.16. The number of pyridine rings is 1. The van der Waals surface area contributed by atoms with E-state index in [4.69, 9.17) is 0 Å². The van der Waals surface area contributed by atoms with Crippen LogP contribution < -0.4 is 5.32 Å². The Balaban J connectivity index is 1.98. The van der Waals surface area contributed by atoms with Gasteiger partial charge in [-0.15, -0.1) is 0 Å². The third-order valence-electron chi connectivity index (χ3n) is 4.67. The normalized spacial score (nSPS) is 10.9. The number of rotatable bonds is 2. The molecule has 0 aliphatic carbocycles. The highest BCUT2D eigenvalue weighted by atomic mass is 16.3. The lowest BCUT2D eigenvalue weighted by Crippen LogP contribution is -2.15. The maximum absolute atomic E-state index is 12.7. The summed E-state index contributed by atoms with van der Waals surface area (Å²) in [6.45, 7) is 9.52. The average molecular weight is 334 g/mol. The first-order valence-electron chi connectivity index (χ1n) is 8.27. The molecule has 3 rings (SSSR count). The number of hydrogen-bond donors (Lipinski definition) is 2. The molecule has 0 saturated heterocycles. The van der Waals surface area contributed by atoms with Crippen LogP contribution in [0.1, 0.15) is 38.2 Å². The molecule has 0 unspecified atom stereocenters. The van der Waals surface area contributed by atoms with Gasteiger partial charge in [0.25, 0.3) is 5.91 Å². The Morgan fingerprint density at radius 1 is 0.960 bits per heavy atom. The molecule has 0 fully saturated rings. The average Bonchev–Trinajstić information content (AvgIpc) is 2.56. The van der Waals surface area contributed by atoms with Gasteiger partial charge in [-0.3, -0.25) is 4.79 Å². The van der Waals surface area contributed by atoms with Crippen LogP contribution in [0.2, 0.25) is 0 Å². The lowest BCUT2D eigenvalue weighted by Gasteiger charge is -2.13. The van der Waals surface area contributed by atoms with E-state index in [1.54, 1.807) is 13.0 Å². The standard InChI is InChI=1S/C21H22N2O2/c1-11-8-12(2)19-16(9-11)6-7-18(22-19)23-21(25)17-10-13(3)20(24)15(5)14(17)4/h6-10,24H,1-5H3,(H,22,23,25). The number of aromatic hydroxyl groups is 1. The van der Waals surface area contributed by atoms with E-state index in [0.717, 1.165) is 27.6 Å². The summed E-state index contributed by atoms with van der Waals surface area (Å²) < 4.78 is 0. The van der Waals surface area contributed by atoms with Gasteiger partial charge in [0.2, 0.25) is 0 Å². The van der Waals surface area contributed by atoms with Gasteiger partial charge in [-0.25, -0.2) is 4.98 Å². The van der Waals surface area contributed by atoms with Crippen molar-refractivity contribution in [3.05, 3.63) is 63.7 Å². The monoisotopic (exact) mass is 334 g/mol. The highest BCUT2D eigenvalue weighted by Crippen LogP contribution is 2.28. The number of carbonyl (C=O) groups excluding carboxylic acids is 1. The predicted octanol–water partition coefficient (Wildman–Crippen LogP) is 4.73. The van der Waals surface area contributed by atoms with E-state index in [1.807, 2.05) is 32.9 Å². The van der Waals surface area contributed by atoms with E-state index in [1.165, 1.54) is 5.56 Å². The number of nitrogens with one attached hydrogen (secondary N) is 1. The lowest BCUT2D eigenvalue weighted by molar-refractivity contribution is 0.102. The molecule has 4 heteroatoms. The van der Waals surface area contributed by atoms with Gasteiger partial charge in [-0.2, -0.15) is 0 Å². The van der Waals surface area contributed by atoms with Gasteiger partial charge in [0.05, 0.1) is 5.52 Å². The molecule has 0 aliphatic rings. The van der Waals surface area contributed by atoms with E-state index >= 15 is 0 Å². The van der Waals surface area contributed by atoms with Crippen LogP contribution in [0, 0.1) is 34.6 Å². The largest absolute Gasteiger partial charge is 0.507 e. The van der Waals surface area contributed by atoms with E-state index in [-0.39, 0.29) is 11.7 Å². The van der Waals surface area contributed by atoms with Crippen molar-refractivity contribution in [2.75, 3.05) is 5.32 Å². The lowest BCUT2D eigenvalue weighted by atomic mass is 9.98. The summed E-state index contributed by atoms with van der Waals surface area (Å²) in [5.41, 5.74) is 5.89. The summed E-state index contributed by atoms with van der Waals surface area (Å²) >= 11 is 0. The Hall–Kier alpha value is -2.88. The van der Waals surface area contributed by atoms with Crippen LogP contribution in [-0.2, 0) is 0 Å². The van der Waals surface area contributed by atoms with Crippen molar-refractivity contribution in [2.24, 2.45) is 0 Å². The Morgan fingerprint density at radius 2 is 1.68 bits per heavy atom. The SMILES string of the molecule is Cc1cc(C)c2nc(NC(=O)c3cc(C)c(O)c(C)c3C)ccc2c1. The highest BCUT2D eigenvalue weighted by molar-refractivity contribution is 6.05. The number of phenols is 1. The van der Waals surface area contributed by atoms with Crippen LogP contribution in [0.25, 0.3) is 10.9 Å². The van der Waals surface area contributed by atoms with Gasteiger partial charge in [0.15, 0.2) is 0 Å². The molecular formula is C21H22N2O2. The zero-order valence-electron chi connectivity index (χ0n) is 15.2. The molecule has 0 saturated carbocycles. The van der Waals surface area contributed by atoms with E-state index in [2.05, 4.69) is 29.4 Å². The van der Waals surface area contributed by atoms with Gasteiger partial charge in [-0.1, -0.05) is 11.6 Å². The molecule has 0 aliphatic heterocycles. The summed E-state index contributed by atoms with van der Waals surface area (Å²) in [4.78, 5) is 17.3. The van der Waals surface area contributed by atoms with Gasteiger partial charge < -0.3 is 10.4 Å². The Morgan fingerprint density at radius 3 is 2.40 bits per heavy atom. The van der Waals surface area contributed by atoms with E-state index in [9.17, 15) is 9.90 Å². The topological polar surface area (TPSA) is 62.2 Å². The minimum atomic E-state index is -0.222. The number of carbonyl (C=O) groups is 1. The quantitative estimate of drug-likeness (QED) is 0.712. The molecule has 0 bridgehead atoms. The fourth-order valence-corrected chi connectivity index (χ4v) is 3.16. The van der Waals surface area contributed by atoms with Crippen LogP contribution >= 0.6 is 0 Å². The first-order valence-corrected chi connectivity index (χ1v) is 8.27. The van der Waals surface area contributed by atoms with Crippen LogP contribution in [0.15, 0.2) is 30.3 Å². The molecule has 3 aromatic rings. The molecular weight excluding hydrogens is 312 g/mol. The molecule has 1 amide bonds. The minimum Gasteiger partial charge on any atom is -0.507 e. The number of fused-ring (bicyclic) bond motifs is 1. The second kappa shape index (κ2) is 6.20. The van der Waals surface area contributed by atoms with Crippen molar-refractivity contribution in [1.82, 2.24) is 4.98 Å². The van der Waals surface area contributed by atoms with Crippen LogP contribution in [0.5, 0.6) is 5.75 Å². The van der Waals surface area contributed by atoms with E-state index < -0.39 is 0 Å². The molecule has 2 N–H and O–H groups in total. The number of hydrogen-bond acceptors (Lipinski definition) is 3. The zero-order valence-corrected chi connectivity index (χ0v) is 15.2. The van der Waals surface area contributed by atoms with Gasteiger partial charge in [0.1, 0.15) is 11.6 Å². The fraction of sp³-hybridized carbons (Fsp3) is 0.238. The minimum absolute atomic E-state index is 0.222. The number of nitrogens with zero attached hydrogens (tertiary/aromatic N) is 1. The molecule has 1 aromatic heterocycles. The van der Waals surface area contributed by atoms with E-state index in [0.29, 0.717) is 16.9 Å². The zero-order chi connectivity index (χ0) is 18.3. The molecule has 25 heavy (non-hydrogen) atoms. The fourth-order valence-electron chi connectivity index (χ4n) is 3.16. The number of phenolic OH excluding ortho intramolecular Hbond substituents is 1. The van der Waals surface area contributed by atoms with Crippen molar-refractivity contribution in [3.63, 3.8) is 0 Å². The maximum Gasteiger partial charge on any atom is 0.257 e. The third kappa shape index (κ3) is 3.07. The molecule has 1 heterocycles. The smallest absolute Gasteiger partial charge is 0.257 e. The third-order valence-corrected chi connectivity index (χ3v) is 4.67. The molecule has 128 valence electrons. The van der Waals surface area contributed by atoms with Gasteiger partial charge in [-0.05, 0) is 81.1 Å². The van der Waals surface area contributed by atoms with Gasteiger partial charge in [0, 0.05) is 10.9 Å². The summed E-state index contributed by atoms with van der Waals surface area (Å²) in [7, 11) is 0. The van der Waals surface area contributed by atoms with Gasteiger partial charge >= 0.3 is 0 Å². The first kappa shape index (κ1) is 17.0. The number of aryl methyl sites for hydroxylation is 3. The first-order chi connectivity index (χ1) is 11.8. The van der Waals surface area contributed by atoms with Crippen LogP contribution in [-0.4, -0.2) is 16.0 Å². The summed E-state index contributed by atoms with van der Waals surface area (Å²) in [6, 6.07) is 9.66. The summed E-state index contributed by atoms with van der Waals surface area (Å²) in [5, 5.41) is 13.9. The second-order valence-corrected chi connectivity index (χ2v) is 6.64. The number of anilines is 1. The number of amides is 1. The Bertz CT molecular complexity index is 1010. The predicted molar refractivity (Wildman–Crippen MR) is 101 cm³/mol. The van der Waals surface area contributed by atoms with Crippen molar-refractivity contribution in [3.8, 4) is 5.75 Å². The maximum atomic E-state index is 12.7. The van der Waals surface area contributed by atoms with Crippen LogP contribution in [0.3, 0.4) is 0 Å². The Labute approximate surface area is 147 Å². The Kier molecular flexibility index (Phi) is 4.21. The van der Waals surface area contributed by atoms with Crippen LogP contribution in [0.4, 0.5) is 5.82 Å². The number of aromatic nitrogens is 1. The summed E-state index contributed by atoms with van der Waals surface area (Å²) in [6.07, 6.45) is 0. The molecule has 0 radical (unpaired) electrons.